The molecule has 1 amide bonds. The number of hydrogen-bond donors (Lipinski definition) is 0. The fourth-order valence-corrected chi connectivity index (χ4v) is 3.44. The lowest BCUT2D eigenvalue weighted by molar-refractivity contribution is -0.149. The molecule has 28 heavy (non-hydrogen) atoms. The highest BCUT2D eigenvalue weighted by atomic mass is 16.5. The van der Waals surface area contributed by atoms with Gasteiger partial charge in [-0.1, -0.05) is 19.9 Å². The summed E-state index contributed by atoms with van der Waals surface area (Å²) in [7, 11) is 1.57. The minimum atomic E-state index is -0.548. The molecule has 0 aliphatic carbocycles. The Morgan fingerprint density at radius 3 is 2.46 bits per heavy atom. The quantitative estimate of drug-likeness (QED) is 0.527. The number of carbonyl (C=O) groups is 2. The standard InChI is InChI=1S/C22H31NO5/c1-15(2)28-19-8-6-18(11-20(19)26-5)7-9-22(25)27-14-21(24)23-12-16(3)10-17(4)13-23/h6-9,11,15-17H,10,12-14H2,1-5H3/b9-7+/t16-,17+. The van der Waals surface area contributed by atoms with E-state index in [2.05, 4.69) is 13.8 Å². The minimum absolute atomic E-state index is 0.0358. The molecule has 2 rings (SSSR count). The maximum atomic E-state index is 12.3. The summed E-state index contributed by atoms with van der Waals surface area (Å²) < 4.78 is 16.1. The van der Waals surface area contributed by atoms with Crippen molar-refractivity contribution in [1.29, 1.82) is 0 Å². The van der Waals surface area contributed by atoms with E-state index in [4.69, 9.17) is 14.2 Å². The van der Waals surface area contributed by atoms with Crippen molar-refractivity contribution in [3.8, 4) is 11.5 Å². The van der Waals surface area contributed by atoms with Crippen LogP contribution in [0.4, 0.5) is 0 Å². The lowest BCUT2D eigenvalue weighted by atomic mass is 9.92. The van der Waals surface area contributed by atoms with Gasteiger partial charge in [-0.25, -0.2) is 4.79 Å². The zero-order valence-electron chi connectivity index (χ0n) is 17.4. The molecule has 1 fully saturated rings. The molecule has 1 aliphatic rings. The van der Waals surface area contributed by atoms with Crippen LogP contribution >= 0.6 is 0 Å². The highest BCUT2D eigenvalue weighted by Gasteiger charge is 2.25. The van der Waals surface area contributed by atoms with Gasteiger partial charge in [0.2, 0.25) is 0 Å². The molecular weight excluding hydrogens is 358 g/mol. The largest absolute Gasteiger partial charge is 0.493 e. The molecule has 154 valence electrons. The van der Waals surface area contributed by atoms with Crippen molar-refractivity contribution in [2.45, 2.75) is 40.2 Å². The molecule has 0 N–H and O–H groups in total. The summed E-state index contributed by atoms with van der Waals surface area (Å²) in [6, 6.07) is 5.40. The molecular formula is C22H31NO5. The van der Waals surface area contributed by atoms with Crippen molar-refractivity contribution in [1.82, 2.24) is 4.90 Å². The summed E-state index contributed by atoms with van der Waals surface area (Å²) in [5.74, 6) is 1.49. The van der Waals surface area contributed by atoms with Crippen LogP contribution < -0.4 is 9.47 Å². The molecule has 1 saturated heterocycles. The molecule has 1 heterocycles. The monoisotopic (exact) mass is 389 g/mol. The lowest BCUT2D eigenvalue weighted by Crippen LogP contribution is -2.44. The van der Waals surface area contributed by atoms with Crippen molar-refractivity contribution >= 4 is 18.0 Å². The predicted octanol–water partition coefficient (Wildman–Crippen LogP) is 3.54. The van der Waals surface area contributed by atoms with Crippen molar-refractivity contribution in [2.75, 3.05) is 26.8 Å². The Labute approximate surface area is 167 Å². The number of hydrogen-bond acceptors (Lipinski definition) is 5. The fraction of sp³-hybridized carbons (Fsp3) is 0.545. The van der Waals surface area contributed by atoms with Gasteiger partial charge >= 0.3 is 5.97 Å². The fourth-order valence-electron chi connectivity index (χ4n) is 3.44. The van der Waals surface area contributed by atoms with Crippen LogP contribution in [-0.2, 0) is 14.3 Å². The molecule has 6 heteroatoms. The van der Waals surface area contributed by atoms with E-state index in [1.54, 1.807) is 30.2 Å². The van der Waals surface area contributed by atoms with E-state index in [9.17, 15) is 9.59 Å². The molecule has 0 unspecified atom stereocenters. The first kappa shape index (κ1) is 21.8. The van der Waals surface area contributed by atoms with E-state index >= 15 is 0 Å². The Hall–Kier alpha value is -2.50. The van der Waals surface area contributed by atoms with Gasteiger partial charge < -0.3 is 19.1 Å². The van der Waals surface area contributed by atoms with Gasteiger partial charge in [0, 0.05) is 19.2 Å². The van der Waals surface area contributed by atoms with Crippen molar-refractivity contribution in [2.24, 2.45) is 11.8 Å². The van der Waals surface area contributed by atoms with Gasteiger partial charge in [0.15, 0.2) is 18.1 Å². The van der Waals surface area contributed by atoms with Crippen LogP contribution in [0.3, 0.4) is 0 Å². The molecule has 0 radical (unpaired) electrons. The third-order valence-electron chi connectivity index (χ3n) is 4.52. The topological polar surface area (TPSA) is 65.1 Å². The molecule has 0 aromatic heterocycles. The average molecular weight is 389 g/mol. The molecule has 2 atom stereocenters. The van der Waals surface area contributed by atoms with Gasteiger partial charge in [-0.15, -0.1) is 0 Å². The highest BCUT2D eigenvalue weighted by Crippen LogP contribution is 2.29. The normalized spacial score (nSPS) is 19.7. The number of esters is 1. The summed E-state index contributed by atoms with van der Waals surface area (Å²) in [4.78, 5) is 26.0. The predicted molar refractivity (Wildman–Crippen MR) is 108 cm³/mol. The van der Waals surface area contributed by atoms with Gasteiger partial charge in [0.1, 0.15) is 0 Å². The van der Waals surface area contributed by atoms with Crippen LogP contribution in [-0.4, -0.2) is 49.7 Å². The first-order valence-electron chi connectivity index (χ1n) is 9.75. The smallest absolute Gasteiger partial charge is 0.331 e. The first-order chi connectivity index (χ1) is 13.3. The third kappa shape index (κ3) is 6.59. The Bertz CT molecular complexity index is 703. The van der Waals surface area contributed by atoms with Gasteiger partial charge in [-0.05, 0) is 55.9 Å². The van der Waals surface area contributed by atoms with Crippen LogP contribution in [0.2, 0.25) is 0 Å². The highest BCUT2D eigenvalue weighted by molar-refractivity contribution is 5.89. The molecule has 0 bridgehead atoms. The average Bonchev–Trinajstić information content (AvgIpc) is 2.64. The van der Waals surface area contributed by atoms with Gasteiger partial charge in [-0.2, -0.15) is 0 Å². The van der Waals surface area contributed by atoms with Crippen LogP contribution in [0.15, 0.2) is 24.3 Å². The second-order valence-corrected chi connectivity index (χ2v) is 7.76. The Balaban J connectivity index is 1.88. The number of carbonyl (C=O) groups excluding carboxylic acids is 2. The Morgan fingerprint density at radius 2 is 1.86 bits per heavy atom. The maximum Gasteiger partial charge on any atom is 0.331 e. The van der Waals surface area contributed by atoms with Crippen LogP contribution in [0.25, 0.3) is 6.08 Å². The minimum Gasteiger partial charge on any atom is -0.493 e. The molecule has 0 spiro atoms. The molecule has 1 aromatic rings. The Kier molecular flexibility index (Phi) is 7.91. The van der Waals surface area contributed by atoms with Crippen molar-refractivity contribution in [3.63, 3.8) is 0 Å². The summed E-state index contributed by atoms with van der Waals surface area (Å²) in [5, 5.41) is 0. The number of piperidine rings is 1. The van der Waals surface area contributed by atoms with E-state index in [1.165, 1.54) is 6.08 Å². The second-order valence-electron chi connectivity index (χ2n) is 7.76. The number of ether oxygens (including phenoxy) is 3. The number of benzene rings is 1. The zero-order chi connectivity index (χ0) is 20.7. The van der Waals surface area contributed by atoms with E-state index in [0.717, 1.165) is 25.1 Å². The summed E-state index contributed by atoms with van der Waals surface area (Å²) in [6.45, 7) is 9.37. The van der Waals surface area contributed by atoms with E-state index in [0.29, 0.717) is 23.3 Å². The van der Waals surface area contributed by atoms with E-state index < -0.39 is 5.97 Å². The van der Waals surface area contributed by atoms with Crippen molar-refractivity contribution in [3.05, 3.63) is 29.8 Å². The number of methoxy groups -OCH3 is 1. The summed E-state index contributed by atoms with van der Waals surface area (Å²) >= 11 is 0. The third-order valence-corrected chi connectivity index (χ3v) is 4.52. The molecule has 1 aliphatic heterocycles. The second kappa shape index (κ2) is 10.2. The molecule has 0 saturated carbocycles. The molecule has 1 aromatic carbocycles. The van der Waals surface area contributed by atoms with E-state index in [1.807, 2.05) is 19.9 Å². The number of likely N-dealkylation sites (tertiary alicyclic amines) is 1. The Morgan fingerprint density at radius 1 is 1.18 bits per heavy atom. The molecule has 6 nitrogen and oxygen atoms in total. The van der Waals surface area contributed by atoms with Crippen LogP contribution in [0.5, 0.6) is 11.5 Å². The zero-order valence-corrected chi connectivity index (χ0v) is 17.4. The SMILES string of the molecule is COc1cc(/C=C/C(=O)OCC(=O)N2C[C@H](C)C[C@H](C)C2)ccc1OC(C)C. The first-order valence-corrected chi connectivity index (χ1v) is 9.75. The van der Waals surface area contributed by atoms with Gasteiger partial charge in [0.25, 0.3) is 5.91 Å². The van der Waals surface area contributed by atoms with Crippen LogP contribution in [0, 0.1) is 11.8 Å². The summed E-state index contributed by atoms with van der Waals surface area (Å²) in [6.07, 6.45) is 4.09. The number of nitrogens with zero attached hydrogens (tertiary/aromatic N) is 1. The van der Waals surface area contributed by atoms with Gasteiger partial charge in [0.05, 0.1) is 13.2 Å². The van der Waals surface area contributed by atoms with Crippen molar-refractivity contribution < 1.29 is 23.8 Å². The number of amides is 1. The van der Waals surface area contributed by atoms with Crippen LogP contribution in [0.1, 0.15) is 39.7 Å². The maximum absolute atomic E-state index is 12.3. The summed E-state index contributed by atoms with van der Waals surface area (Å²) in [5.41, 5.74) is 0.773. The lowest BCUT2D eigenvalue weighted by Gasteiger charge is -2.34. The van der Waals surface area contributed by atoms with Gasteiger partial charge in [-0.3, -0.25) is 4.79 Å². The number of rotatable bonds is 7. The van der Waals surface area contributed by atoms with E-state index in [-0.39, 0.29) is 18.6 Å².